The second-order valence-electron chi connectivity index (χ2n) is 5.44. The van der Waals surface area contributed by atoms with E-state index < -0.39 is 11.2 Å². The van der Waals surface area contributed by atoms with Gasteiger partial charge in [-0.15, -0.1) is 0 Å². The largest absolute Gasteiger partial charge is 0.467 e. The first-order valence-electron chi connectivity index (χ1n) is 7.12. The second kappa shape index (κ2) is 5.32. The first-order valence-corrected chi connectivity index (χ1v) is 7.12. The van der Waals surface area contributed by atoms with E-state index >= 15 is 0 Å². The Hall–Kier alpha value is -2.57. The lowest BCUT2D eigenvalue weighted by Crippen LogP contribution is -2.42. The van der Waals surface area contributed by atoms with E-state index in [1.54, 1.807) is 17.2 Å². The monoisotopic (exact) mass is 303 g/mol. The predicted molar refractivity (Wildman–Crippen MR) is 78.6 cm³/mol. The summed E-state index contributed by atoms with van der Waals surface area (Å²) >= 11 is 0. The summed E-state index contributed by atoms with van der Waals surface area (Å²) in [6, 6.07) is 4.67. The van der Waals surface area contributed by atoms with Crippen LogP contribution in [0.4, 0.5) is 0 Å². The van der Waals surface area contributed by atoms with E-state index in [4.69, 9.17) is 4.42 Å². The summed E-state index contributed by atoms with van der Waals surface area (Å²) in [6.07, 6.45) is 3.23. The summed E-state index contributed by atoms with van der Waals surface area (Å²) in [7, 11) is 2.88. The Morgan fingerprint density at radius 3 is 2.73 bits per heavy atom. The number of rotatable bonds is 2. The molecule has 0 N–H and O–H groups in total. The molecule has 2 aromatic rings. The highest BCUT2D eigenvalue weighted by atomic mass is 16.3. The van der Waals surface area contributed by atoms with Crippen molar-refractivity contribution in [2.45, 2.75) is 18.9 Å². The van der Waals surface area contributed by atoms with Crippen molar-refractivity contribution < 1.29 is 9.21 Å². The molecule has 1 aliphatic rings. The van der Waals surface area contributed by atoms with E-state index in [1.807, 2.05) is 6.07 Å². The number of hydrogen-bond donors (Lipinski definition) is 0. The van der Waals surface area contributed by atoms with Crippen LogP contribution in [0.2, 0.25) is 0 Å². The summed E-state index contributed by atoms with van der Waals surface area (Å²) in [5.74, 6) is 0.399. The Labute approximate surface area is 126 Å². The Bertz CT molecular complexity index is 816. The molecule has 0 aromatic carbocycles. The molecule has 22 heavy (non-hydrogen) atoms. The Morgan fingerprint density at radius 1 is 1.27 bits per heavy atom. The molecular weight excluding hydrogens is 286 g/mol. The van der Waals surface area contributed by atoms with Crippen LogP contribution in [0.25, 0.3) is 0 Å². The third-order valence-corrected chi connectivity index (χ3v) is 4.13. The zero-order chi connectivity index (χ0) is 15.9. The maximum atomic E-state index is 12.8. The molecule has 0 saturated carbocycles. The molecular formula is C15H17N3O4. The van der Waals surface area contributed by atoms with Gasteiger partial charge < -0.3 is 9.32 Å². The molecule has 0 spiro atoms. The third kappa shape index (κ3) is 2.18. The molecule has 116 valence electrons. The summed E-state index contributed by atoms with van der Waals surface area (Å²) in [5, 5.41) is 0. The number of carbonyl (C=O) groups is 1. The maximum Gasteiger partial charge on any atom is 0.331 e. The average molecular weight is 303 g/mol. The van der Waals surface area contributed by atoms with Crippen molar-refractivity contribution in [3.05, 3.63) is 56.8 Å². The summed E-state index contributed by atoms with van der Waals surface area (Å²) in [6.45, 7) is 0.577. The fourth-order valence-electron chi connectivity index (χ4n) is 2.87. The summed E-state index contributed by atoms with van der Waals surface area (Å²) < 4.78 is 7.59. The summed E-state index contributed by atoms with van der Waals surface area (Å²) in [4.78, 5) is 38.2. The highest BCUT2D eigenvalue weighted by Crippen LogP contribution is 2.32. The molecule has 7 nitrogen and oxygen atoms in total. The molecule has 1 aliphatic heterocycles. The molecule has 0 unspecified atom stereocenters. The normalized spacial score (nSPS) is 17.9. The van der Waals surface area contributed by atoms with Gasteiger partial charge in [0, 0.05) is 26.7 Å². The van der Waals surface area contributed by atoms with Gasteiger partial charge in [-0.1, -0.05) is 0 Å². The van der Waals surface area contributed by atoms with E-state index in [2.05, 4.69) is 0 Å². The van der Waals surface area contributed by atoms with Crippen molar-refractivity contribution in [2.24, 2.45) is 14.1 Å². The number of nitrogens with zero attached hydrogens (tertiary/aromatic N) is 3. The Kier molecular flexibility index (Phi) is 3.48. The fraction of sp³-hybridized carbons (Fsp3) is 0.400. The maximum absolute atomic E-state index is 12.8. The van der Waals surface area contributed by atoms with Crippen LogP contribution in [-0.2, 0) is 14.1 Å². The zero-order valence-corrected chi connectivity index (χ0v) is 12.5. The van der Waals surface area contributed by atoms with E-state index in [-0.39, 0.29) is 17.6 Å². The predicted octanol–water partition coefficient (Wildman–Crippen LogP) is 0.654. The molecule has 1 fully saturated rings. The topological polar surface area (TPSA) is 77.5 Å². The number of aromatic nitrogens is 2. The number of hydrogen-bond acceptors (Lipinski definition) is 4. The highest BCUT2D eigenvalue weighted by molar-refractivity contribution is 5.92. The van der Waals surface area contributed by atoms with Gasteiger partial charge in [0.15, 0.2) is 0 Å². The van der Waals surface area contributed by atoms with Crippen LogP contribution in [-0.4, -0.2) is 26.5 Å². The van der Waals surface area contributed by atoms with E-state index in [0.717, 1.165) is 23.2 Å². The van der Waals surface area contributed by atoms with Gasteiger partial charge in [0.2, 0.25) is 0 Å². The number of carbonyl (C=O) groups excluding carboxylic acids is 1. The van der Waals surface area contributed by atoms with Crippen molar-refractivity contribution in [2.75, 3.05) is 6.54 Å². The molecule has 0 bridgehead atoms. The van der Waals surface area contributed by atoms with Crippen LogP contribution < -0.4 is 11.2 Å². The van der Waals surface area contributed by atoms with Crippen molar-refractivity contribution in [1.82, 2.24) is 14.0 Å². The SMILES string of the molecule is Cn1c(C(=O)N2CCC[C@H]2c2ccco2)cc(=O)n(C)c1=O. The molecule has 0 radical (unpaired) electrons. The first kappa shape index (κ1) is 14.4. The van der Waals surface area contributed by atoms with Crippen LogP contribution in [0, 0.1) is 0 Å². The van der Waals surface area contributed by atoms with Gasteiger partial charge in [-0.25, -0.2) is 4.79 Å². The van der Waals surface area contributed by atoms with Crippen LogP contribution in [0.5, 0.6) is 0 Å². The lowest BCUT2D eigenvalue weighted by Gasteiger charge is -2.24. The minimum absolute atomic E-state index is 0.103. The highest BCUT2D eigenvalue weighted by Gasteiger charge is 2.33. The lowest BCUT2D eigenvalue weighted by molar-refractivity contribution is 0.0707. The fourth-order valence-corrected chi connectivity index (χ4v) is 2.87. The van der Waals surface area contributed by atoms with Crippen LogP contribution >= 0.6 is 0 Å². The number of likely N-dealkylation sites (tertiary alicyclic amines) is 1. The number of furan rings is 1. The van der Waals surface area contributed by atoms with Gasteiger partial charge in [-0.2, -0.15) is 0 Å². The third-order valence-electron chi connectivity index (χ3n) is 4.13. The minimum atomic E-state index is -0.510. The van der Waals surface area contributed by atoms with E-state index in [9.17, 15) is 14.4 Å². The summed E-state index contributed by atoms with van der Waals surface area (Å²) in [5.41, 5.74) is -0.892. The second-order valence-corrected chi connectivity index (χ2v) is 5.44. The van der Waals surface area contributed by atoms with Crippen molar-refractivity contribution in [3.63, 3.8) is 0 Å². The standard InChI is InChI=1S/C15H17N3O4/c1-16-11(9-13(19)17(2)15(16)21)14(20)18-7-3-5-10(18)12-6-4-8-22-12/h4,6,8-10H,3,5,7H2,1-2H3/t10-/m0/s1. The van der Waals surface area contributed by atoms with Crippen LogP contribution in [0.3, 0.4) is 0 Å². The van der Waals surface area contributed by atoms with Gasteiger partial charge in [-0.3, -0.25) is 18.7 Å². The molecule has 1 atom stereocenters. The van der Waals surface area contributed by atoms with Crippen LogP contribution in [0.15, 0.2) is 38.5 Å². The molecule has 3 rings (SSSR count). The first-order chi connectivity index (χ1) is 10.5. The molecule has 1 saturated heterocycles. The quantitative estimate of drug-likeness (QED) is 0.816. The lowest BCUT2D eigenvalue weighted by atomic mass is 10.1. The Balaban J connectivity index is 2.01. The average Bonchev–Trinajstić information content (AvgIpc) is 3.17. The van der Waals surface area contributed by atoms with Gasteiger partial charge >= 0.3 is 5.69 Å². The number of amides is 1. The molecule has 3 heterocycles. The van der Waals surface area contributed by atoms with Crippen molar-refractivity contribution in [3.8, 4) is 0 Å². The van der Waals surface area contributed by atoms with Gasteiger partial charge in [0.05, 0.1) is 12.3 Å². The van der Waals surface area contributed by atoms with Gasteiger partial charge in [-0.05, 0) is 25.0 Å². The van der Waals surface area contributed by atoms with Gasteiger partial charge in [0.25, 0.3) is 11.5 Å². The minimum Gasteiger partial charge on any atom is -0.467 e. The smallest absolute Gasteiger partial charge is 0.331 e. The Morgan fingerprint density at radius 2 is 2.05 bits per heavy atom. The van der Waals surface area contributed by atoms with Crippen LogP contribution in [0.1, 0.15) is 35.1 Å². The molecule has 0 aliphatic carbocycles. The zero-order valence-electron chi connectivity index (χ0n) is 12.5. The van der Waals surface area contributed by atoms with E-state index in [0.29, 0.717) is 6.54 Å². The molecule has 1 amide bonds. The molecule has 7 heteroatoms. The van der Waals surface area contributed by atoms with E-state index in [1.165, 1.54) is 24.7 Å². The van der Waals surface area contributed by atoms with Gasteiger partial charge in [0.1, 0.15) is 11.5 Å². The van der Waals surface area contributed by atoms with Crippen molar-refractivity contribution >= 4 is 5.91 Å². The molecule has 2 aromatic heterocycles. The van der Waals surface area contributed by atoms with Crippen molar-refractivity contribution in [1.29, 1.82) is 0 Å².